The Balaban J connectivity index is 2.14. The van der Waals surface area contributed by atoms with Crippen LogP contribution in [-0.4, -0.2) is 4.98 Å². The Labute approximate surface area is 125 Å². The number of benzene rings is 2. The van der Waals surface area contributed by atoms with E-state index in [0.29, 0.717) is 16.9 Å². The second-order valence-electron chi connectivity index (χ2n) is 4.43. The van der Waals surface area contributed by atoms with Gasteiger partial charge in [-0.3, -0.25) is 4.98 Å². The van der Waals surface area contributed by atoms with Gasteiger partial charge >= 0.3 is 0 Å². The summed E-state index contributed by atoms with van der Waals surface area (Å²) in [5.41, 5.74) is 2.42. The summed E-state index contributed by atoms with van der Waals surface area (Å²) in [6, 6.07) is 13.9. The van der Waals surface area contributed by atoms with Crippen LogP contribution in [0, 0.1) is 17.1 Å². The highest BCUT2D eigenvalue weighted by atomic mass is 35.5. The van der Waals surface area contributed by atoms with Crippen molar-refractivity contribution in [3.05, 3.63) is 65.1 Å². The van der Waals surface area contributed by atoms with Gasteiger partial charge in [0.25, 0.3) is 0 Å². The van der Waals surface area contributed by atoms with Gasteiger partial charge in [0.15, 0.2) is 0 Å². The van der Waals surface area contributed by atoms with Crippen molar-refractivity contribution < 1.29 is 4.39 Å². The van der Waals surface area contributed by atoms with Crippen molar-refractivity contribution in [2.24, 2.45) is 0 Å². The fourth-order valence-corrected chi connectivity index (χ4v) is 2.26. The van der Waals surface area contributed by atoms with Crippen LogP contribution in [0.25, 0.3) is 10.9 Å². The standard InChI is InChI=1S/C16H9ClFN3/c17-13-7-11(5-6-14(13)18)21-16-10(8-19)9-20-15-4-2-1-3-12(15)16/h1-7,9H,(H,20,21). The number of fused-ring (bicyclic) bond motifs is 1. The molecule has 0 spiro atoms. The SMILES string of the molecule is N#Cc1cnc2ccccc2c1Nc1ccc(F)c(Cl)c1. The Bertz CT molecular complexity index is 871. The van der Waals surface area contributed by atoms with Gasteiger partial charge in [-0.25, -0.2) is 4.39 Å². The summed E-state index contributed by atoms with van der Waals surface area (Å²) in [5.74, 6) is -0.484. The second kappa shape index (κ2) is 5.39. The summed E-state index contributed by atoms with van der Waals surface area (Å²) in [5, 5.41) is 13.2. The number of halogens is 2. The van der Waals surface area contributed by atoms with Crippen molar-refractivity contribution >= 4 is 33.9 Å². The van der Waals surface area contributed by atoms with Gasteiger partial charge in [0.05, 0.1) is 21.8 Å². The maximum Gasteiger partial charge on any atom is 0.141 e. The van der Waals surface area contributed by atoms with Crippen molar-refractivity contribution in [1.82, 2.24) is 4.98 Å². The average Bonchev–Trinajstić information content (AvgIpc) is 2.51. The largest absolute Gasteiger partial charge is 0.354 e. The van der Waals surface area contributed by atoms with E-state index in [9.17, 15) is 9.65 Å². The Hall–Kier alpha value is -2.64. The molecule has 3 nitrogen and oxygen atoms in total. The molecule has 5 heteroatoms. The summed E-state index contributed by atoms with van der Waals surface area (Å²) in [4.78, 5) is 4.24. The molecular formula is C16H9ClFN3. The molecule has 0 aliphatic carbocycles. The lowest BCUT2D eigenvalue weighted by molar-refractivity contribution is 0.628. The number of para-hydroxylation sites is 1. The third-order valence-corrected chi connectivity index (χ3v) is 3.37. The highest BCUT2D eigenvalue weighted by Crippen LogP contribution is 2.30. The lowest BCUT2D eigenvalue weighted by atomic mass is 10.1. The number of aromatic nitrogens is 1. The maximum absolute atomic E-state index is 13.2. The monoisotopic (exact) mass is 297 g/mol. The van der Waals surface area contributed by atoms with E-state index in [1.165, 1.54) is 18.3 Å². The number of nitrogens with zero attached hydrogens (tertiary/aromatic N) is 2. The lowest BCUT2D eigenvalue weighted by Gasteiger charge is -2.11. The van der Waals surface area contributed by atoms with Crippen LogP contribution in [0.3, 0.4) is 0 Å². The third-order valence-electron chi connectivity index (χ3n) is 3.08. The number of rotatable bonds is 2. The van der Waals surface area contributed by atoms with Gasteiger partial charge < -0.3 is 5.32 Å². The Morgan fingerprint density at radius 2 is 2.00 bits per heavy atom. The van der Waals surface area contributed by atoms with Crippen LogP contribution < -0.4 is 5.32 Å². The van der Waals surface area contributed by atoms with Gasteiger partial charge in [-0.2, -0.15) is 5.26 Å². The molecule has 3 rings (SSSR count). The zero-order valence-corrected chi connectivity index (χ0v) is 11.5. The molecule has 0 bridgehead atoms. The van der Waals surface area contributed by atoms with E-state index < -0.39 is 5.82 Å². The molecule has 0 aliphatic heterocycles. The molecule has 0 unspecified atom stereocenters. The summed E-state index contributed by atoms with van der Waals surface area (Å²) >= 11 is 5.78. The fourth-order valence-electron chi connectivity index (χ4n) is 2.08. The van der Waals surface area contributed by atoms with Crippen molar-refractivity contribution in [1.29, 1.82) is 5.26 Å². The molecular weight excluding hydrogens is 289 g/mol. The van der Waals surface area contributed by atoms with E-state index in [-0.39, 0.29) is 5.02 Å². The van der Waals surface area contributed by atoms with Crippen LogP contribution in [0.1, 0.15) is 5.56 Å². The van der Waals surface area contributed by atoms with Crippen LogP contribution in [0.2, 0.25) is 5.02 Å². The van der Waals surface area contributed by atoms with Gasteiger partial charge in [0.2, 0.25) is 0 Å². The first-order valence-electron chi connectivity index (χ1n) is 6.19. The topological polar surface area (TPSA) is 48.7 Å². The molecule has 0 atom stereocenters. The molecule has 102 valence electrons. The summed E-state index contributed by atoms with van der Waals surface area (Å²) < 4.78 is 13.2. The van der Waals surface area contributed by atoms with Crippen molar-refractivity contribution in [2.75, 3.05) is 5.32 Å². The zero-order valence-electron chi connectivity index (χ0n) is 10.8. The van der Waals surface area contributed by atoms with Crippen molar-refractivity contribution in [3.8, 4) is 6.07 Å². The van der Waals surface area contributed by atoms with E-state index in [0.717, 1.165) is 10.9 Å². The molecule has 1 aromatic heterocycles. The first-order valence-corrected chi connectivity index (χ1v) is 6.57. The van der Waals surface area contributed by atoms with E-state index in [2.05, 4.69) is 16.4 Å². The molecule has 0 fully saturated rings. The van der Waals surface area contributed by atoms with E-state index in [1.54, 1.807) is 6.07 Å². The van der Waals surface area contributed by atoms with Gasteiger partial charge in [-0.05, 0) is 24.3 Å². The minimum Gasteiger partial charge on any atom is -0.354 e. The second-order valence-corrected chi connectivity index (χ2v) is 4.84. The number of nitrogens with one attached hydrogen (secondary N) is 1. The predicted molar refractivity (Wildman–Crippen MR) is 81.2 cm³/mol. The van der Waals surface area contributed by atoms with Crippen molar-refractivity contribution in [3.63, 3.8) is 0 Å². The molecule has 2 aromatic carbocycles. The first kappa shape index (κ1) is 13.3. The molecule has 0 amide bonds. The van der Waals surface area contributed by atoms with E-state index in [4.69, 9.17) is 11.6 Å². The Morgan fingerprint density at radius 1 is 1.19 bits per heavy atom. The molecule has 0 saturated heterocycles. The Morgan fingerprint density at radius 3 is 2.76 bits per heavy atom. The normalized spacial score (nSPS) is 10.3. The fraction of sp³-hybridized carbons (Fsp3) is 0. The number of hydrogen-bond acceptors (Lipinski definition) is 3. The van der Waals surface area contributed by atoms with Gasteiger partial charge in [-0.15, -0.1) is 0 Å². The first-order chi connectivity index (χ1) is 10.2. The Kier molecular flexibility index (Phi) is 3.43. The zero-order chi connectivity index (χ0) is 14.8. The minimum atomic E-state index is -0.484. The molecule has 3 aromatic rings. The summed E-state index contributed by atoms with van der Waals surface area (Å²) in [7, 11) is 0. The molecule has 1 N–H and O–H groups in total. The molecule has 21 heavy (non-hydrogen) atoms. The predicted octanol–water partition coefficient (Wildman–Crippen LogP) is 4.64. The number of nitriles is 1. The molecule has 0 aliphatic rings. The van der Waals surface area contributed by atoms with E-state index in [1.807, 2.05) is 24.3 Å². The minimum absolute atomic E-state index is 0.0249. The molecule has 0 radical (unpaired) electrons. The summed E-state index contributed by atoms with van der Waals surface area (Å²) in [6.45, 7) is 0. The van der Waals surface area contributed by atoms with Crippen LogP contribution >= 0.6 is 11.6 Å². The highest BCUT2D eigenvalue weighted by Gasteiger charge is 2.09. The summed E-state index contributed by atoms with van der Waals surface area (Å²) in [6.07, 6.45) is 1.51. The average molecular weight is 298 g/mol. The molecule has 0 saturated carbocycles. The van der Waals surface area contributed by atoms with E-state index >= 15 is 0 Å². The van der Waals surface area contributed by atoms with Gasteiger partial charge in [-0.1, -0.05) is 29.8 Å². The lowest BCUT2D eigenvalue weighted by Crippen LogP contribution is -1.97. The number of anilines is 2. The highest BCUT2D eigenvalue weighted by molar-refractivity contribution is 6.31. The van der Waals surface area contributed by atoms with Crippen LogP contribution in [0.4, 0.5) is 15.8 Å². The van der Waals surface area contributed by atoms with Crippen LogP contribution in [-0.2, 0) is 0 Å². The van der Waals surface area contributed by atoms with Gasteiger partial charge in [0, 0.05) is 17.3 Å². The van der Waals surface area contributed by atoms with Crippen LogP contribution in [0.5, 0.6) is 0 Å². The quantitative estimate of drug-likeness (QED) is 0.749. The van der Waals surface area contributed by atoms with Gasteiger partial charge in [0.1, 0.15) is 11.9 Å². The maximum atomic E-state index is 13.2. The third kappa shape index (κ3) is 2.51. The van der Waals surface area contributed by atoms with Crippen LogP contribution in [0.15, 0.2) is 48.7 Å². The van der Waals surface area contributed by atoms with Crippen molar-refractivity contribution in [2.45, 2.75) is 0 Å². The number of pyridine rings is 1. The number of hydrogen-bond donors (Lipinski definition) is 1. The molecule has 1 heterocycles. The smallest absolute Gasteiger partial charge is 0.141 e.